The lowest BCUT2D eigenvalue weighted by molar-refractivity contribution is 0.0985. The Hall–Kier alpha value is -1.62. The van der Waals surface area contributed by atoms with E-state index in [2.05, 4.69) is 15.9 Å². The predicted octanol–water partition coefficient (Wildman–Crippen LogP) is 3.20. The quantitative estimate of drug-likeness (QED) is 0.836. The van der Waals surface area contributed by atoms with Gasteiger partial charge in [-0.1, -0.05) is 6.07 Å². The molecule has 0 unspecified atom stereocenters. The largest absolute Gasteiger partial charge is 0.345 e. The van der Waals surface area contributed by atoms with E-state index in [1.165, 1.54) is 17.0 Å². The van der Waals surface area contributed by atoms with Crippen LogP contribution in [0.3, 0.4) is 0 Å². The zero-order valence-electron chi connectivity index (χ0n) is 10.0. The second-order valence-electron chi connectivity index (χ2n) is 4.00. The molecular weight excluding hydrogens is 299 g/mol. The van der Waals surface area contributed by atoms with Crippen molar-refractivity contribution in [1.82, 2.24) is 4.57 Å². The van der Waals surface area contributed by atoms with Crippen LogP contribution in [-0.4, -0.2) is 17.5 Å². The van der Waals surface area contributed by atoms with E-state index in [1.54, 1.807) is 43.1 Å². The van der Waals surface area contributed by atoms with E-state index >= 15 is 0 Å². The molecule has 1 amide bonds. The molecule has 0 bridgehead atoms. The molecule has 5 heteroatoms. The maximum absolute atomic E-state index is 13.1. The van der Waals surface area contributed by atoms with Gasteiger partial charge in [0.25, 0.3) is 5.91 Å². The molecule has 0 fully saturated rings. The molecule has 0 spiro atoms. The molecular formula is C13H12BrFN2O. The van der Waals surface area contributed by atoms with E-state index in [0.29, 0.717) is 11.4 Å². The Morgan fingerprint density at radius 1 is 1.39 bits per heavy atom. The summed E-state index contributed by atoms with van der Waals surface area (Å²) in [5.74, 6) is -0.547. The topological polar surface area (TPSA) is 25.2 Å². The zero-order chi connectivity index (χ0) is 13.3. The van der Waals surface area contributed by atoms with Gasteiger partial charge in [-0.2, -0.15) is 0 Å². The Morgan fingerprint density at radius 3 is 2.67 bits per heavy atom. The first kappa shape index (κ1) is 12.8. The Bertz CT molecular complexity index is 594. The fourth-order valence-corrected chi connectivity index (χ4v) is 2.23. The number of hydrogen-bond donors (Lipinski definition) is 0. The maximum atomic E-state index is 13.1. The Morgan fingerprint density at radius 2 is 2.11 bits per heavy atom. The first-order chi connectivity index (χ1) is 8.49. The van der Waals surface area contributed by atoms with Crippen LogP contribution < -0.4 is 4.90 Å². The number of anilines is 1. The Balaban J connectivity index is 2.32. The van der Waals surface area contributed by atoms with Gasteiger partial charge in [-0.3, -0.25) is 4.79 Å². The van der Waals surface area contributed by atoms with Crippen molar-refractivity contribution in [2.24, 2.45) is 7.05 Å². The highest BCUT2D eigenvalue weighted by Gasteiger charge is 2.17. The van der Waals surface area contributed by atoms with Gasteiger partial charge in [0.2, 0.25) is 0 Å². The minimum Gasteiger partial charge on any atom is -0.345 e. The van der Waals surface area contributed by atoms with Crippen LogP contribution in [0.4, 0.5) is 10.1 Å². The van der Waals surface area contributed by atoms with Gasteiger partial charge in [0.1, 0.15) is 11.5 Å². The summed E-state index contributed by atoms with van der Waals surface area (Å²) >= 11 is 3.32. The first-order valence-electron chi connectivity index (χ1n) is 5.34. The van der Waals surface area contributed by atoms with Crippen molar-refractivity contribution in [2.45, 2.75) is 0 Å². The van der Waals surface area contributed by atoms with Gasteiger partial charge in [0.05, 0.1) is 0 Å². The molecule has 1 heterocycles. The first-order valence-corrected chi connectivity index (χ1v) is 6.14. The highest BCUT2D eigenvalue weighted by atomic mass is 79.9. The summed E-state index contributed by atoms with van der Waals surface area (Å²) in [7, 11) is 3.41. The molecule has 0 aliphatic carbocycles. The van der Waals surface area contributed by atoms with Gasteiger partial charge in [0, 0.05) is 30.5 Å². The lowest BCUT2D eigenvalue weighted by atomic mass is 10.2. The molecule has 2 rings (SSSR count). The zero-order valence-corrected chi connectivity index (χ0v) is 11.6. The Labute approximate surface area is 113 Å². The second-order valence-corrected chi connectivity index (χ2v) is 4.91. The van der Waals surface area contributed by atoms with Gasteiger partial charge >= 0.3 is 0 Å². The number of halogens is 2. The molecule has 0 saturated carbocycles. The smallest absolute Gasteiger partial charge is 0.274 e. The molecule has 18 heavy (non-hydrogen) atoms. The highest BCUT2D eigenvalue weighted by Crippen LogP contribution is 2.19. The third-order valence-electron chi connectivity index (χ3n) is 2.69. The van der Waals surface area contributed by atoms with Crippen LogP contribution in [0.25, 0.3) is 0 Å². The van der Waals surface area contributed by atoms with Crippen molar-refractivity contribution in [3.05, 3.63) is 52.5 Å². The summed E-state index contributed by atoms with van der Waals surface area (Å²) in [5, 5.41) is 0. The SMILES string of the molecule is CN(C(=O)c1cc(Br)cn1C)c1cccc(F)c1. The van der Waals surface area contributed by atoms with E-state index in [9.17, 15) is 9.18 Å². The van der Waals surface area contributed by atoms with Gasteiger partial charge < -0.3 is 9.47 Å². The normalized spacial score (nSPS) is 10.4. The average molecular weight is 311 g/mol. The number of aryl methyl sites for hydroxylation is 1. The van der Waals surface area contributed by atoms with E-state index in [0.717, 1.165) is 4.47 Å². The summed E-state index contributed by atoms with van der Waals surface area (Å²) in [6, 6.07) is 7.68. The standard InChI is InChI=1S/C13H12BrFN2O/c1-16-8-9(14)6-12(16)13(18)17(2)11-5-3-4-10(15)7-11/h3-8H,1-2H3. The third-order valence-corrected chi connectivity index (χ3v) is 3.12. The van der Waals surface area contributed by atoms with Crippen molar-refractivity contribution >= 4 is 27.5 Å². The van der Waals surface area contributed by atoms with E-state index in [-0.39, 0.29) is 11.7 Å². The number of carbonyl (C=O) groups is 1. The molecule has 0 aliphatic rings. The van der Waals surface area contributed by atoms with Crippen molar-refractivity contribution in [3.63, 3.8) is 0 Å². The van der Waals surface area contributed by atoms with Gasteiger partial charge in [-0.05, 0) is 40.2 Å². The number of rotatable bonds is 2. The van der Waals surface area contributed by atoms with Crippen molar-refractivity contribution in [3.8, 4) is 0 Å². The second kappa shape index (κ2) is 4.94. The molecule has 1 aromatic carbocycles. The van der Waals surface area contributed by atoms with Crippen LogP contribution in [0.1, 0.15) is 10.5 Å². The van der Waals surface area contributed by atoms with Crippen molar-refractivity contribution < 1.29 is 9.18 Å². The van der Waals surface area contributed by atoms with E-state index in [4.69, 9.17) is 0 Å². The summed E-state index contributed by atoms with van der Waals surface area (Å²) < 4.78 is 15.7. The molecule has 1 aromatic heterocycles. The molecule has 0 radical (unpaired) electrons. The number of benzene rings is 1. The van der Waals surface area contributed by atoms with Gasteiger partial charge in [-0.15, -0.1) is 0 Å². The van der Waals surface area contributed by atoms with Crippen molar-refractivity contribution in [2.75, 3.05) is 11.9 Å². The molecule has 0 N–H and O–H groups in total. The molecule has 94 valence electrons. The number of hydrogen-bond acceptors (Lipinski definition) is 1. The summed E-state index contributed by atoms with van der Waals surface area (Å²) in [5.41, 5.74) is 1.06. The fraction of sp³-hybridized carbons (Fsp3) is 0.154. The van der Waals surface area contributed by atoms with Crippen LogP contribution in [0.5, 0.6) is 0 Å². The van der Waals surface area contributed by atoms with E-state index in [1.807, 2.05) is 0 Å². The minimum atomic E-state index is -0.361. The summed E-state index contributed by atoms with van der Waals surface area (Å²) in [6.45, 7) is 0. The van der Waals surface area contributed by atoms with Crippen LogP contribution >= 0.6 is 15.9 Å². The Kier molecular flexibility index (Phi) is 3.52. The molecule has 2 aromatic rings. The molecule has 0 saturated heterocycles. The summed E-state index contributed by atoms with van der Waals surface area (Å²) in [6.07, 6.45) is 1.80. The van der Waals surface area contributed by atoms with Crippen LogP contribution in [0.15, 0.2) is 41.0 Å². The third kappa shape index (κ3) is 2.46. The van der Waals surface area contributed by atoms with Gasteiger partial charge in [-0.25, -0.2) is 4.39 Å². The number of nitrogens with zero attached hydrogens (tertiary/aromatic N) is 2. The minimum absolute atomic E-state index is 0.186. The molecule has 0 atom stereocenters. The van der Waals surface area contributed by atoms with Crippen LogP contribution in [0, 0.1) is 5.82 Å². The number of amides is 1. The number of aromatic nitrogens is 1. The fourth-order valence-electron chi connectivity index (χ4n) is 1.71. The van der Waals surface area contributed by atoms with Crippen molar-refractivity contribution in [1.29, 1.82) is 0 Å². The summed E-state index contributed by atoms with van der Waals surface area (Å²) in [4.78, 5) is 13.7. The van der Waals surface area contributed by atoms with Crippen LogP contribution in [-0.2, 0) is 7.05 Å². The maximum Gasteiger partial charge on any atom is 0.274 e. The monoisotopic (exact) mass is 310 g/mol. The molecule has 3 nitrogen and oxygen atoms in total. The highest BCUT2D eigenvalue weighted by molar-refractivity contribution is 9.10. The number of carbonyl (C=O) groups excluding carboxylic acids is 1. The lowest BCUT2D eigenvalue weighted by Crippen LogP contribution is -2.27. The average Bonchev–Trinajstić information content (AvgIpc) is 2.66. The van der Waals surface area contributed by atoms with Crippen LogP contribution in [0.2, 0.25) is 0 Å². The lowest BCUT2D eigenvalue weighted by Gasteiger charge is -2.17. The van der Waals surface area contributed by atoms with E-state index < -0.39 is 0 Å². The predicted molar refractivity (Wildman–Crippen MR) is 72.2 cm³/mol. The molecule has 0 aliphatic heterocycles. The van der Waals surface area contributed by atoms with Gasteiger partial charge in [0.15, 0.2) is 0 Å².